The molecule has 1 aliphatic rings. The molecule has 1 atom stereocenters. The van der Waals surface area contributed by atoms with Gasteiger partial charge >= 0.3 is 12.1 Å². The Morgan fingerprint density at radius 1 is 0.844 bits per heavy atom. The number of hydrogen-bond donors (Lipinski definition) is 2. The summed E-state index contributed by atoms with van der Waals surface area (Å²) < 4.78 is 0. The molecule has 1 saturated heterocycles. The van der Waals surface area contributed by atoms with E-state index in [-0.39, 0.29) is 18.1 Å². The zero-order valence-corrected chi connectivity index (χ0v) is 18.4. The first-order chi connectivity index (χ1) is 15.5. The van der Waals surface area contributed by atoms with Gasteiger partial charge in [0.05, 0.1) is 6.04 Å². The molecule has 0 spiro atoms. The van der Waals surface area contributed by atoms with Crippen LogP contribution in [0.5, 0.6) is 0 Å². The van der Waals surface area contributed by atoms with Gasteiger partial charge in [0.2, 0.25) is 0 Å². The molecule has 1 aliphatic heterocycles. The van der Waals surface area contributed by atoms with Gasteiger partial charge in [-0.1, -0.05) is 48.0 Å². The third-order valence-corrected chi connectivity index (χ3v) is 5.75. The lowest BCUT2D eigenvalue weighted by Gasteiger charge is -2.39. The maximum Gasteiger partial charge on any atom is 0.324 e. The number of carbonyl (C=O) groups is 2. The van der Waals surface area contributed by atoms with Crippen LogP contribution in [0, 0.1) is 6.92 Å². The molecule has 4 rings (SSSR count). The topological polar surface area (TPSA) is 64.7 Å². The predicted molar refractivity (Wildman–Crippen MR) is 129 cm³/mol. The molecule has 6 nitrogen and oxygen atoms in total. The summed E-state index contributed by atoms with van der Waals surface area (Å²) in [4.78, 5) is 29.2. The van der Waals surface area contributed by atoms with E-state index in [1.54, 1.807) is 4.90 Å². The highest BCUT2D eigenvalue weighted by atomic mass is 16.2. The second-order valence-corrected chi connectivity index (χ2v) is 8.06. The van der Waals surface area contributed by atoms with Gasteiger partial charge in [0.15, 0.2) is 0 Å². The summed E-state index contributed by atoms with van der Waals surface area (Å²) in [5, 5.41) is 5.65. The lowest BCUT2D eigenvalue weighted by molar-refractivity contribution is 0.175. The number of urea groups is 2. The quantitative estimate of drug-likeness (QED) is 0.521. The third kappa shape index (κ3) is 4.91. The van der Waals surface area contributed by atoms with E-state index in [9.17, 15) is 9.59 Å². The molecule has 2 N–H and O–H groups in total. The van der Waals surface area contributed by atoms with Crippen molar-refractivity contribution in [1.82, 2.24) is 4.90 Å². The zero-order chi connectivity index (χ0) is 22.5. The van der Waals surface area contributed by atoms with Crippen LogP contribution in [0.4, 0.5) is 26.7 Å². The Hall–Kier alpha value is -3.80. The summed E-state index contributed by atoms with van der Waals surface area (Å²) in [6, 6.07) is 24.8. The lowest BCUT2D eigenvalue weighted by Crippen LogP contribution is -2.50. The van der Waals surface area contributed by atoms with Crippen LogP contribution < -0.4 is 15.5 Å². The van der Waals surface area contributed by atoms with Gasteiger partial charge in [0, 0.05) is 30.2 Å². The van der Waals surface area contributed by atoms with E-state index in [1.165, 1.54) is 0 Å². The first-order valence-electron chi connectivity index (χ1n) is 10.9. The molecule has 0 bridgehead atoms. The van der Waals surface area contributed by atoms with Gasteiger partial charge < -0.3 is 15.5 Å². The maximum atomic E-state index is 13.2. The largest absolute Gasteiger partial charge is 0.324 e. The maximum absolute atomic E-state index is 13.2. The smallest absolute Gasteiger partial charge is 0.318 e. The molecule has 1 fully saturated rings. The molecule has 4 amide bonds. The second-order valence-electron chi connectivity index (χ2n) is 8.06. The van der Waals surface area contributed by atoms with E-state index < -0.39 is 0 Å². The first-order valence-corrected chi connectivity index (χ1v) is 10.9. The molecule has 0 aromatic heterocycles. The van der Waals surface area contributed by atoms with E-state index in [0.29, 0.717) is 12.2 Å². The number of rotatable bonds is 5. The molecule has 3 aromatic rings. The van der Waals surface area contributed by atoms with Gasteiger partial charge in [-0.15, -0.1) is 0 Å². The van der Waals surface area contributed by atoms with Gasteiger partial charge in [0.1, 0.15) is 0 Å². The number of carbonyl (C=O) groups excluding carboxylic acids is 2. The van der Waals surface area contributed by atoms with E-state index in [1.807, 2.05) is 78.6 Å². The minimum Gasteiger partial charge on any atom is -0.318 e. The van der Waals surface area contributed by atoms with Crippen LogP contribution in [-0.4, -0.2) is 30.1 Å². The van der Waals surface area contributed by atoms with Crippen molar-refractivity contribution in [3.63, 3.8) is 0 Å². The fourth-order valence-corrected chi connectivity index (χ4v) is 3.91. The highest BCUT2D eigenvalue weighted by molar-refractivity contribution is 6.00. The molecule has 6 heteroatoms. The second kappa shape index (κ2) is 9.56. The summed E-state index contributed by atoms with van der Waals surface area (Å²) >= 11 is 0. The minimum absolute atomic E-state index is 0.00502. The van der Waals surface area contributed by atoms with E-state index >= 15 is 0 Å². The number of nitrogens with one attached hydrogen (secondary N) is 2. The van der Waals surface area contributed by atoms with Crippen molar-refractivity contribution >= 4 is 29.1 Å². The van der Waals surface area contributed by atoms with E-state index in [0.717, 1.165) is 35.5 Å². The van der Waals surface area contributed by atoms with Crippen molar-refractivity contribution < 1.29 is 9.59 Å². The molecule has 0 saturated carbocycles. The third-order valence-electron chi connectivity index (χ3n) is 5.75. The van der Waals surface area contributed by atoms with Crippen LogP contribution in [0.3, 0.4) is 0 Å². The van der Waals surface area contributed by atoms with Crippen molar-refractivity contribution in [3.05, 3.63) is 90.0 Å². The molecular formula is C26H28N4O2. The van der Waals surface area contributed by atoms with Gasteiger partial charge in [-0.2, -0.15) is 0 Å². The monoisotopic (exact) mass is 428 g/mol. The Balaban J connectivity index is 1.40. The van der Waals surface area contributed by atoms with E-state index in [4.69, 9.17) is 0 Å². The Labute approximate surface area is 188 Å². The number of hydrogen-bond acceptors (Lipinski definition) is 2. The standard InChI is InChI=1S/C26H28N4O2/c1-19-9-11-22(12-10-19)27-25(31)28-23-13-15-24(16-14-23)30-18-6-17-29(26(30)32)20(2)21-7-4-3-5-8-21/h3-5,7-16,20H,6,17-18H2,1-2H3,(H2,27,28,31)/t20-/m0/s1. The first kappa shape index (κ1) is 21.4. The van der Waals surface area contributed by atoms with Crippen molar-refractivity contribution in [2.75, 3.05) is 28.6 Å². The van der Waals surface area contributed by atoms with Crippen molar-refractivity contribution in [2.24, 2.45) is 0 Å². The molecule has 164 valence electrons. The molecule has 32 heavy (non-hydrogen) atoms. The molecule has 1 heterocycles. The van der Waals surface area contributed by atoms with Crippen molar-refractivity contribution in [3.8, 4) is 0 Å². The molecule has 3 aromatic carbocycles. The molecular weight excluding hydrogens is 400 g/mol. The van der Waals surface area contributed by atoms with Crippen molar-refractivity contribution in [2.45, 2.75) is 26.3 Å². The molecule has 0 unspecified atom stereocenters. The van der Waals surface area contributed by atoms with Gasteiger partial charge in [-0.05, 0) is 62.2 Å². The summed E-state index contributed by atoms with van der Waals surface area (Å²) in [5.74, 6) is 0. The van der Waals surface area contributed by atoms with Crippen LogP contribution in [0.2, 0.25) is 0 Å². The van der Waals surface area contributed by atoms with Crippen LogP contribution in [0.25, 0.3) is 0 Å². The van der Waals surface area contributed by atoms with Crippen LogP contribution >= 0.6 is 0 Å². The highest BCUT2D eigenvalue weighted by Gasteiger charge is 2.30. The van der Waals surface area contributed by atoms with E-state index in [2.05, 4.69) is 29.7 Å². The molecule has 0 radical (unpaired) electrons. The van der Waals surface area contributed by atoms with Crippen LogP contribution in [0.15, 0.2) is 78.9 Å². The van der Waals surface area contributed by atoms with Gasteiger partial charge in [-0.25, -0.2) is 9.59 Å². The van der Waals surface area contributed by atoms with Crippen LogP contribution in [0.1, 0.15) is 30.5 Å². The van der Waals surface area contributed by atoms with Gasteiger partial charge in [-0.3, -0.25) is 4.90 Å². The Morgan fingerprint density at radius 2 is 1.44 bits per heavy atom. The summed E-state index contributed by atoms with van der Waals surface area (Å²) in [6.07, 6.45) is 0.905. The number of anilines is 3. The Bertz CT molecular complexity index is 1070. The minimum atomic E-state index is -0.307. The average molecular weight is 429 g/mol. The number of nitrogens with zero attached hydrogens (tertiary/aromatic N) is 2. The summed E-state index contributed by atoms with van der Waals surface area (Å²) in [7, 11) is 0. The predicted octanol–water partition coefficient (Wildman–Crippen LogP) is 6.03. The normalized spacial score (nSPS) is 14.8. The summed E-state index contributed by atoms with van der Waals surface area (Å²) in [6.45, 7) is 5.48. The number of benzene rings is 3. The Kier molecular flexibility index (Phi) is 6.40. The lowest BCUT2D eigenvalue weighted by atomic mass is 10.1. The van der Waals surface area contributed by atoms with Gasteiger partial charge in [0.25, 0.3) is 0 Å². The SMILES string of the molecule is Cc1ccc(NC(=O)Nc2ccc(N3CCCN([C@@H](C)c4ccccc4)C3=O)cc2)cc1. The zero-order valence-electron chi connectivity index (χ0n) is 18.4. The highest BCUT2D eigenvalue weighted by Crippen LogP contribution is 2.28. The van der Waals surface area contributed by atoms with Crippen molar-refractivity contribution in [1.29, 1.82) is 0 Å². The van der Waals surface area contributed by atoms with Crippen LogP contribution in [-0.2, 0) is 0 Å². The average Bonchev–Trinajstić information content (AvgIpc) is 2.81. The number of amides is 4. The Morgan fingerprint density at radius 3 is 2.06 bits per heavy atom. The molecule has 0 aliphatic carbocycles. The number of aryl methyl sites for hydroxylation is 1. The summed E-state index contributed by atoms with van der Waals surface area (Å²) in [5.41, 5.74) is 4.48. The fourth-order valence-electron chi connectivity index (χ4n) is 3.91. The fraction of sp³-hybridized carbons (Fsp3) is 0.231.